The van der Waals surface area contributed by atoms with E-state index in [0.29, 0.717) is 51.2 Å². The molecule has 42 heavy (non-hydrogen) atoms. The Labute approximate surface area is 266 Å². The third-order valence-corrected chi connectivity index (χ3v) is 8.13. The Morgan fingerprint density at radius 3 is 2.19 bits per heavy atom. The number of esters is 2. The molecule has 3 aromatic rings. The number of carbonyl (C=O) groups excluding carboxylic acids is 2. The number of nitrogens with two attached hydrogens (primary N) is 1. The highest BCUT2D eigenvalue weighted by Crippen LogP contribution is 2.33. The molecule has 0 aliphatic rings. The maximum atomic E-state index is 12.6. The molecule has 0 spiro atoms. The van der Waals surface area contributed by atoms with Crippen LogP contribution in [0.1, 0.15) is 61.0 Å². The van der Waals surface area contributed by atoms with Gasteiger partial charge in [0.1, 0.15) is 0 Å². The summed E-state index contributed by atoms with van der Waals surface area (Å²) in [5, 5.41) is 4.22. The number of nitrogen functional groups attached to an aromatic ring is 1. The Morgan fingerprint density at radius 1 is 0.881 bits per heavy atom. The number of halogens is 3. The summed E-state index contributed by atoms with van der Waals surface area (Å²) in [6, 6.07) is 16.3. The van der Waals surface area contributed by atoms with E-state index < -0.39 is 0 Å². The quantitative estimate of drug-likeness (QED) is 0.0892. The number of benzene rings is 3. The monoisotopic (exact) mass is 677 g/mol. The number of nitrogens with one attached hydrogen (secondary N) is 1. The molecule has 10 heteroatoms. The maximum Gasteiger partial charge on any atom is 0.338 e. The molecule has 0 aliphatic heterocycles. The van der Waals surface area contributed by atoms with Gasteiger partial charge in [-0.05, 0) is 96.2 Å². The van der Waals surface area contributed by atoms with Crippen molar-refractivity contribution in [3.63, 3.8) is 0 Å². The highest BCUT2D eigenvalue weighted by Gasteiger charge is 2.15. The van der Waals surface area contributed by atoms with Crippen LogP contribution in [0.4, 0.5) is 17.1 Å². The number of hydrogen-bond donors (Lipinski definition) is 2. The minimum atomic E-state index is -0.364. The van der Waals surface area contributed by atoms with Gasteiger partial charge in [-0.1, -0.05) is 61.3 Å². The minimum absolute atomic E-state index is 0.124. The van der Waals surface area contributed by atoms with E-state index in [1.807, 2.05) is 30.3 Å². The fourth-order valence-electron chi connectivity index (χ4n) is 4.36. The molecule has 0 unspecified atom stereocenters. The molecule has 0 fully saturated rings. The van der Waals surface area contributed by atoms with Crippen molar-refractivity contribution in [1.29, 1.82) is 0 Å². The van der Waals surface area contributed by atoms with Gasteiger partial charge < -0.3 is 20.5 Å². The van der Waals surface area contributed by atoms with Crippen LogP contribution in [0.15, 0.2) is 59.1 Å². The lowest BCUT2D eigenvalue weighted by atomic mass is 10.1. The minimum Gasteiger partial charge on any atom is -0.465 e. The van der Waals surface area contributed by atoms with E-state index in [0.717, 1.165) is 55.6 Å². The second-order valence-corrected chi connectivity index (χ2v) is 11.5. The van der Waals surface area contributed by atoms with Crippen molar-refractivity contribution in [1.82, 2.24) is 4.90 Å². The predicted molar refractivity (Wildman–Crippen MR) is 175 cm³/mol. The summed E-state index contributed by atoms with van der Waals surface area (Å²) in [6.07, 6.45) is 3.30. The fraction of sp³-hybridized carbons (Fsp3) is 0.375. The van der Waals surface area contributed by atoms with Crippen molar-refractivity contribution in [2.45, 2.75) is 52.5 Å². The number of anilines is 3. The van der Waals surface area contributed by atoms with Crippen molar-refractivity contribution in [2.75, 3.05) is 37.4 Å². The van der Waals surface area contributed by atoms with Gasteiger partial charge in [0.05, 0.1) is 46.6 Å². The van der Waals surface area contributed by atoms with Crippen LogP contribution in [-0.2, 0) is 27.2 Å². The summed E-state index contributed by atoms with van der Waals surface area (Å²) in [5.74, 6) is -0.671. The van der Waals surface area contributed by atoms with Crippen LogP contribution in [-0.4, -0.2) is 43.1 Å². The Bertz CT molecular complexity index is 1330. The highest BCUT2D eigenvalue weighted by atomic mass is 79.9. The number of carbonyl (C=O) groups is 2. The molecule has 0 saturated heterocycles. The first-order valence-corrected chi connectivity index (χ1v) is 15.7. The fourth-order valence-corrected chi connectivity index (χ4v) is 5.35. The van der Waals surface area contributed by atoms with Crippen LogP contribution in [0.3, 0.4) is 0 Å². The Morgan fingerprint density at radius 2 is 1.52 bits per heavy atom. The lowest BCUT2D eigenvalue weighted by Gasteiger charge is -2.20. The molecule has 0 aliphatic carbocycles. The largest absolute Gasteiger partial charge is 0.465 e. The average Bonchev–Trinajstić information content (AvgIpc) is 2.97. The van der Waals surface area contributed by atoms with Gasteiger partial charge in [0, 0.05) is 16.7 Å². The van der Waals surface area contributed by atoms with Crippen LogP contribution in [0.2, 0.25) is 10.0 Å². The summed E-state index contributed by atoms with van der Waals surface area (Å²) >= 11 is 16.0. The number of hydrogen-bond acceptors (Lipinski definition) is 7. The van der Waals surface area contributed by atoms with Crippen LogP contribution < -0.4 is 11.1 Å². The van der Waals surface area contributed by atoms with E-state index in [4.69, 9.17) is 38.4 Å². The lowest BCUT2D eigenvalue weighted by Crippen LogP contribution is -2.23. The molecule has 226 valence electrons. The van der Waals surface area contributed by atoms with Crippen LogP contribution in [0.5, 0.6) is 0 Å². The van der Waals surface area contributed by atoms with E-state index in [2.05, 4.69) is 40.0 Å². The number of para-hydroxylation sites is 2. The summed E-state index contributed by atoms with van der Waals surface area (Å²) < 4.78 is 11.6. The number of ether oxygens (including phenoxy) is 2. The first-order chi connectivity index (χ1) is 20.2. The first-order valence-electron chi connectivity index (χ1n) is 14.1. The molecule has 0 aromatic heterocycles. The van der Waals surface area contributed by atoms with Crippen LogP contribution in [0, 0.1) is 0 Å². The third-order valence-electron chi connectivity index (χ3n) is 6.85. The first kappa shape index (κ1) is 33.7. The number of nitrogens with zero attached hydrogens (tertiary/aromatic N) is 1. The number of rotatable bonds is 16. The van der Waals surface area contributed by atoms with Crippen molar-refractivity contribution in [2.24, 2.45) is 0 Å². The van der Waals surface area contributed by atoms with Gasteiger partial charge in [0.15, 0.2) is 0 Å². The molecule has 0 bridgehead atoms. The van der Waals surface area contributed by atoms with Gasteiger partial charge in [0.2, 0.25) is 0 Å². The summed E-state index contributed by atoms with van der Waals surface area (Å²) in [7, 11) is 0. The third kappa shape index (κ3) is 10.2. The van der Waals surface area contributed by atoms with E-state index in [1.165, 1.54) is 0 Å². The Kier molecular flexibility index (Phi) is 13.9. The predicted octanol–water partition coefficient (Wildman–Crippen LogP) is 8.43. The second-order valence-electron chi connectivity index (χ2n) is 9.82. The van der Waals surface area contributed by atoms with Crippen molar-refractivity contribution < 1.29 is 19.1 Å². The van der Waals surface area contributed by atoms with Gasteiger partial charge in [-0.15, -0.1) is 0 Å². The zero-order valence-electron chi connectivity index (χ0n) is 24.1. The smallest absolute Gasteiger partial charge is 0.338 e. The molecule has 0 heterocycles. The Hall–Kier alpha value is -2.78. The molecule has 3 N–H and O–H groups in total. The van der Waals surface area contributed by atoms with Crippen LogP contribution >= 0.6 is 39.1 Å². The molecule has 0 radical (unpaired) electrons. The molecule has 7 nitrogen and oxygen atoms in total. The molecule has 0 amide bonds. The maximum absolute atomic E-state index is 12.6. The zero-order valence-corrected chi connectivity index (χ0v) is 27.2. The van der Waals surface area contributed by atoms with Crippen molar-refractivity contribution >= 4 is 68.1 Å². The van der Waals surface area contributed by atoms with Gasteiger partial charge in [-0.2, -0.15) is 0 Å². The SMILES string of the molecule is CCN(CC)Cc1cc(C(=O)OCCCCCCOC(=O)Cc2ccccc2Nc2c(Cl)cccc2Cl)cc(Br)c1N. The highest BCUT2D eigenvalue weighted by molar-refractivity contribution is 9.10. The number of unbranched alkanes of at least 4 members (excludes halogenated alkanes) is 3. The topological polar surface area (TPSA) is 93.9 Å². The Balaban J connectivity index is 1.36. The summed E-state index contributed by atoms with van der Waals surface area (Å²) in [5.41, 5.74) is 10.4. The van der Waals surface area contributed by atoms with E-state index in [1.54, 1.807) is 24.3 Å². The summed E-state index contributed by atoms with van der Waals surface area (Å²) in [6.45, 7) is 7.31. The molecule has 0 saturated carbocycles. The van der Waals surface area contributed by atoms with Gasteiger partial charge in [-0.25, -0.2) is 4.79 Å². The van der Waals surface area contributed by atoms with E-state index in [-0.39, 0.29) is 18.4 Å². The van der Waals surface area contributed by atoms with E-state index >= 15 is 0 Å². The van der Waals surface area contributed by atoms with Gasteiger partial charge in [0.25, 0.3) is 0 Å². The van der Waals surface area contributed by atoms with Crippen molar-refractivity contribution in [3.05, 3.63) is 85.8 Å². The van der Waals surface area contributed by atoms with E-state index in [9.17, 15) is 9.59 Å². The van der Waals surface area contributed by atoms with Crippen LogP contribution in [0.25, 0.3) is 0 Å². The molecule has 3 aromatic carbocycles. The normalized spacial score (nSPS) is 11.0. The van der Waals surface area contributed by atoms with Gasteiger partial charge >= 0.3 is 11.9 Å². The summed E-state index contributed by atoms with van der Waals surface area (Å²) in [4.78, 5) is 27.4. The van der Waals surface area contributed by atoms with Crippen molar-refractivity contribution in [3.8, 4) is 0 Å². The lowest BCUT2D eigenvalue weighted by molar-refractivity contribution is -0.142. The average molecular weight is 679 g/mol. The molecular weight excluding hydrogens is 641 g/mol. The standard InChI is InChI=1S/C32H38BrCl2N3O4/c1-3-38(4-2)21-24-18-23(19-25(33)30(24)36)32(40)42-17-10-6-5-9-16-41-29(39)20-22-12-7-8-15-28(22)37-31-26(34)13-11-14-27(31)35/h7-8,11-15,18-19,37H,3-6,9-10,16-17,20-21,36H2,1-2H3. The molecular formula is C32H38BrCl2N3O4. The zero-order chi connectivity index (χ0) is 30.5. The molecule has 0 atom stereocenters. The second kappa shape index (κ2) is 17.4. The van der Waals surface area contributed by atoms with Gasteiger partial charge in [-0.3, -0.25) is 9.69 Å². The molecule has 3 rings (SSSR count).